The molecule has 1 saturated heterocycles. The smallest absolute Gasteiger partial charge is 0.257 e. The summed E-state index contributed by atoms with van der Waals surface area (Å²) < 4.78 is 0. The second-order valence-corrected chi connectivity index (χ2v) is 6.05. The van der Waals surface area contributed by atoms with Gasteiger partial charge >= 0.3 is 0 Å². The van der Waals surface area contributed by atoms with Crippen molar-refractivity contribution in [1.29, 1.82) is 0 Å². The van der Waals surface area contributed by atoms with Crippen LogP contribution < -0.4 is 0 Å². The first-order valence-electron chi connectivity index (χ1n) is 6.84. The van der Waals surface area contributed by atoms with Gasteiger partial charge in [0.1, 0.15) is 0 Å². The zero-order valence-corrected chi connectivity index (χ0v) is 13.1. The van der Waals surface area contributed by atoms with Crippen LogP contribution in [-0.2, 0) is 0 Å². The van der Waals surface area contributed by atoms with Crippen LogP contribution in [0.4, 0.5) is 0 Å². The lowest BCUT2D eigenvalue weighted by Gasteiger charge is -2.25. The van der Waals surface area contributed by atoms with Crippen LogP contribution in [0.5, 0.6) is 0 Å². The predicted molar refractivity (Wildman–Crippen MR) is 82.8 cm³/mol. The van der Waals surface area contributed by atoms with Gasteiger partial charge in [-0.2, -0.15) is 5.10 Å². The molecule has 1 aliphatic heterocycles. The lowest BCUT2D eigenvalue weighted by atomic mass is 10.0. The van der Waals surface area contributed by atoms with Crippen molar-refractivity contribution in [2.45, 2.75) is 25.8 Å². The monoisotopic (exact) mass is 323 g/mol. The first-order chi connectivity index (χ1) is 10.1. The van der Waals surface area contributed by atoms with E-state index in [9.17, 15) is 4.79 Å². The second-order valence-electron chi connectivity index (χ2n) is 5.24. The van der Waals surface area contributed by atoms with Crippen LogP contribution in [0.2, 0.25) is 10.0 Å². The van der Waals surface area contributed by atoms with Crippen molar-refractivity contribution in [2.75, 3.05) is 6.54 Å². The number of carbonyl (C=O) groups excluding carboxylic acids is 1. The molecule has 1 unspecified atom stereocenters. The first kappa shape index (κ1) is 14.4. The fraction of sp³-hybridized carbons (Fsp3) is 0.333. The molecule has 0 saturated carbocycles. The molecule has 4 nitrogen and oxygen atoms in total. The number of likely N-dealkylation sites (tertiary alicyclic amines) is 1. The highest BCUT2D eigenvalue weighted by Crippen LogP contribution is 2.35. The lowest BCUT2D eigenvalue weighted by molar-refractivity contribution is 0.0735. The van der Waals surface area contributed by atoms with Gasteiger partial charge in [0.25, 0.3) is 5.91 Å². The van der Waals surface area contributed by atoms with E-state index in [0.717, 1.165) is 30.6 Å². The summed E-state index contributed by atoms with van der Waals surface area (Å²) in [7, 11) is 0. The van der Waals surface area contributed by atoms with Crippen molar-refractivity contribution in [1.82, 2.24) is 15.1 Å². The van der Waals surface area contributed by atoms with Gasteiger partial charge in [0, 0.05) is 12.2 Å². The van der Waals surface area contributed by atoms with Gasteiger partial charge in [-0.3, -0.25) is 9.89 Å². The van der Waals surface area contributed by atoms with Gasteiger partial charge in [-0.15, -0.1) is 0 Å². The summed E-state index contributed by atoms with van der Waals surface area (Å²) in [6, 6.07) is 5.61. The Morgan fingerprint density at radius 1 is 1.38 bits per heavy atom. The zero-order valence-electron chi connectivity index (χ0n) is 11.6. The molecule has 1 aliphatic rings. The van der Waals surface area contributed by atoms with E-state index in [1.807, 2.05) is 24.0 Å². The molecule has 0 aliphatic carbocycles. The van der Waals surface area contributed by atoms with E-state index in [-0.39, 0.29) is 11.9 Å². The van der Waals surface area contributed by atoms with Gasteiger partial charge in [-0.1, -0.05) is 29.3 Å². The Morgan fingerprint density at radius 2 is 2.19 bits per heavy atom. The minimum atomic E-state index is 0.00909. The summed E-state index contributed by atoms with van der Waals surface area (Å²) in [5, 5.41) is 7.79. The predicted octanol–water partition coefficient (Wildman–Crippen LogP) is 4.00. The van der Waals surface area contributed by atoms with Crippen molar-refractivity contribution in [3.63, 3.8) is 0 Å². The number of amides is 1. The Hall–Kier alpha value is -1.52. The van der Waals surface area contributed by atoms with Crippen LogP contribution >= 0.6 is 23.2 Å². The van der Waals surface area contributed by atoms with Gasteiger partial charge < -0.3 is 4.90 Å². The van der Waals surface area contributed by atoms with Gasteiger partial charge in [-0.05, 0) is 37.5 Å². The molecule has 1 atom stereocenters. The Balaban J connectivity index is 1.90. The summed E-state index contributed by atoms with van der Waals surface area (Å²) >= 11 is 12.1. The topological polar surface area (TPSA) is 49.0 Å². The summed E-state index contributed by atoms with van der Waals surface area (Å²) in [4.78, 5) is 14.6. The van der Waals surface area contributed by atoms with E-state index in [4.69, 9.17) is 23.2 Å². The van der Waals surface area contributed by atoms with Crippen molar-refractivity contribution < 1.29 is 4.79 Å². The van der Waals surface area contributed by atoms with Gasteiger partial charge in [0.05, 0.1) is 27.8 Å². The average Bonchev–Trinajstić information content (AvgIpc) is 3.10. The highest BCUT2D eigenvalue weighted by molar-refractivity contribution is 6.42. The van der Waals surface area contributed by atoms with Crippen LogP contribution in [0.15, 0.2) is 24.4 Å². The minimum Gasteiger partial charge on any atom is -0.331 e. The van der Waals surface area contributed by atoms with Gasteiger partial charge in [-0.25, -0.2) is 0 Å². The van der Waals surface area contributed by atoms with E-state index in [1.54, 1.807) is 12.3 Å². The van der Waals surface area contributed by atoms with E-state index >= 15 is 0 Å². The van der Waals surface area contributed by atoms with E-state index in [1.165, 1.54) is 0 Å². The number of aromatic nitrogens is 2. The molecular weight excluding hydrogens is 309 g/mol. The summed E-state index contributed by atoms with van der Waals surface area (Å²) in [6.45, 7) is 2.60. The van der Waals surface area contributed by atoms with Crippen LogP contribution in [0.1, 0.15) is 40.5 Å². The number of hydrogen-bond acceptors (Lipinski definition) is 2. The van der Waals surface area contributed by atoms with Crippen LogP contribution in [-0.4, -0.2) is 27.5 Å². The number of rotatable bonds is 2. The Morgan fingerprint density at radius 3 is 2.86 bits per heavy atom. The fourth-order valence-electron chi connectivity index (χ4n) is 2.80. The Bertz CT molecular complexity index is 683. The Kier molecular flexibility index (Phi) is 3.91. The highest BCUT2D eigenvalue weighted by Gasteiger charge is 2.31. The molecule has 1 amide bonds. The maximum absolute atomic E-state index is 12.7. The summed E-state index contributed by atoms with van der Waals surface area (Å²) in [5.74, 6) is 0.00909. The molecule has 1 aromatic carbocycles. The number of nitrogens with one attached hydrogen (secondary N) is 1. The standard InChI is InChI=1S/C15H15Cl2N3O/c1-9-11(8-18-19-9)15(21)20-6-2-3-14(20)10-4-5-12(16)13(17)7-10/h4-5,7-8,14H,2-3,6H2,1H3,(H,18,19). The van der Waals surface area contributed by atoms with E-state index in [0.29, 0.717) is 15.6 Å². The molecular formula is C15H15Cl2N3O. The molecule has 6 heteroatoms. The molecule has 0 bridgehead atoms. The largest absolute Gasteiger partial charge is 0.331 e. The minimum absolute atomic E-state index is 0.00909. The average molecular weight is 324 g/mol. The molecule has 110 valence electrons. The van der Waals surface area contributed by atoms with Crippen molar-refractivity contribution in [3.05, 3.63) is 51.3 Å². The normalized spacial score (nSPS) is 18.2. The van der Waals surface area contributed by atoms with E-state index < -0.39 is 0 Å². The molecule has 3 rings (SSSR count). The number of aryl methyl sites for hydroxylation is 1. The third-order valence-electron chi connectivity index (χ3n) is 3.90. The molecule has 1 aromatic heterocycles. The van der Waals surface area contributed by atoms with Crippen LogP contribution in [0.3, 0.4) is 0 Å². The number of hydrogen-bond donors (Lipinski definition) is 1. The number of aromatic amines is 1. The van der Waals surface area contributed by atoms with Gasteiger partial charge in [0.2, 0.25) is 0 Å². The van der Waals surface area contributed by atoms with Crippen molar-refractivity contribution in [3.8, 4) is 0 Å². The third-order valence-corrected chi connectivity index (χ3v) is 4.64. The number of H-pyrrole nitrogens is 1. The number of benzene rings is 1. The van der Waals surface area contributed by atoms with E-state index in [2.05, 4.69) is 10.2 Å². The van der Waals surface area contributed by atoms with Crippen molar-refractivity contribution in [2.24, 2.45) is 0 Å². The Labute approximate surface area is 133 Å². The zero-order chi connectivity index (χ0) is 15.0. The lowest BCUT2D eigenvalue weighted by Crippen LogP contribution is -2.30. The summed E-state index contributed by atoms with van der Waals surface area (Å²) in [6.07, 6.45) is 3.50. The second kappa shape index (κ2) is 5.70. The quantitative estimate of drug-likeness (QED) is 0.907. The molecule has 2 aromatic rings. The third kappa shape index (κ3) is 2.65. The first-order valence-corrected chi connectivity index (χ1v) is 7.59. The molecule has 0 spiro atoms. The highest BCUT2D eigenvalue weighted by atomic mass is 35.5. The van der Waals surface area contributed by atoms with Gasteiger partial charge in [0.15, 0.2) is 0 Å². The maximum Gasteiger partial charge on any atom is 0.257 e. The SMILES string of the molecule is Cc1[nH]ncc1C(=O)N1CCCC1c1ccc(Cl)c(Cl)c1. The molecule has 21 heavy (non-hydrogen) atoms. The van der Waals surface area contributed by atoms with Crippen molar-refractivity contribution >= 4 is 29.1 Å². The molecule has 1 N–H and O–H groups in total. The van der Waals surface area contributed by atoms with Crippen LogP contribution in [0.25, 0.3) is 0 Å². The summed E-state index contributed by atoms with van der Waals surface area (Å²) in [5.41, 5.74) is 2.44. The number of carbonyl (C=O) groups is 1. The molecule has 2 heterocycles. The number of halogens is 2. The number of nitrogens with zero attached hydrogens (tertiary/aromatic N) is 2. The van der Waals surface area contributed by atoms with Crippen LogP contribution in [0, 0.1) is 6.92 Å². The molecule has 0 radical (unpaired) electrons. The maximum atomic E-state index is 12.7. The molecule has 1 fully saturated rings. The fourth-order valence-corrected chi connectivity index (χ4v) is 3.10.